The molecule has 31 heavy (non-hydrogen) atoms. The van der Waals surface area contributed by atoms with Crippen LogP contribution >= 0.6 is 0 Å². The highest BCUT2D eigenvalue weighted by Crippen LogP contribution is 2.30. The first-order valence-corrected chi connectivity index (χ1v) is 11.3. The summed E-state index contributed by atoms with van der Waals surface area (Å²) < 4.78 is 1.81. The van der Waals surface area contributed by atoms with Crippen molar-refractivity contribution in [2.75, 3.05) is 11.9 Å². The van der Waals surface area contributed by atoms with Gasteiger partial charge in [-0.25, -0.2) is 4.68 Å². The predicted molar refractivity (Wildman–Crippen MR) is 125 cm³/mol. The topological polar surface area (TPSA) is 67.2 Å². The number of hydrogen-bond acceptors (Lipinski definition) is 3. The van der Waals surface area contributed by atoms with Gasteiger partial charge in [-0.3, -0.25) is 9.59 Å². The summed E-state index contributed by atoms with van der Waals surface area (Å²) in [5.74, 6) is 0.592. The van der Waals surface area contributed by atoms with Gasteiger partial charge in [0.2, 0.25) is 11.8 Å². The molecule has 1 aromatic heterocycles. The third-order valence-electron chi connectivity index (χ3n) is 6.22. The fourth-order valence-electron chi connectivity index (χ4n) is 3.73. The summed E-state index contributed by atoms with van der Waals surface area (Å²) >= 11 is 0. The molecular formula is C25H36N4O2. The maximum Gasteiger partial charge on any atom is 0.245 e. The molecule has 0 aliphatic heterocycles. The van der Waals surface area contributed by atoms with Crippen LogP contribution in [0.1, 0.15) is 70.7 Å². The number of aromatic nitrogens is 2. The van der Waals surface area contributed by atoms with Gasteiger partial charge >= 0.3 is 0 Å². The monoisotopic (exact) mass is 424 g/mol. The van der Waals surface area contributed by atoms with Gasteiger partial charge in [0.25, 0.3) is 0 Å². The van der Waals surface area contributed by atoms with E-state index in [1.807, 2.05) is 36.7 Å². The van der Waals surface area contributed by atoms with Crippen molar-refractivity contribution >= 4 is 17.6 Å². The van der Waals surface area contributed by atoms with E-state index in [2.05, 4.69) is 46.0 Å². The van der Waals surface area contributed by atoms with Crippen LogP contribution in [0.4, 0.5) is 5.82 Å². The molecule has 2 amide bonds. The molecule has 1 heterocycles. The van der Waals surface area contributed by atoms with E-state index < -0.39 is 0 Å². The minimum atomic E-state index is -0.201. The number of nitrogens with zero attached hydrogens (tertiary/aromatic N) is 3. The van der Waals surface area contributed by atoms with Crippen molar-refractivity contribution in [1.29, 1.82) is 0 Å². The number of hydrogen-bond donors (Lipinski definition) is 1. The summed E-state index contributed by atoms with van der Waals surface area (Å²) in [6.07, 6.45) is 2.95. The molecule has 6 heteroatoms. The second kappa shape index (κ2) is 8.85. The Kier molecular flexibility index (Phi) is 6.58. The van der Waals surface area contributed by atoms with E-state index in [1.165, 1.54) is 5.56 Å². The van der Waals surface area contributed by atoms with Gasteiger partial charge < -0.3 is 10.2 Å². The van der Waals surface area contributed by atoms with Gasteiger partial charge in [0.15, 0.2) is 0 Å². The Morgan fingerprint density at radius 1 is 1.23 bits per heavy atom. The predicted octanol–water partition coefficient (Wildman–Crippen LogP) is 4.76. The standard InChI is InChI=1S/C25H36N4O2/c1-16(2)28(24(31)19-11-9-12-19)15-23(30)26-22-14-21(25(5,6)7)27-29(22)20-13-8-10-17(3)18(20)4/h8,10,13-14,16,19H,9,11-12,15H2,1-7H3,(H,26,30). The van der Waals surface area contributed by atoms with Gasteiger partial charge in [-0.2, -0.15) is 5.10 Å². The summed E-state index contributed by atoms with van der Waals surface area (Å²) in [6.45, 7) is 14.4. The molecule has 1 aromatic carbocycles. The number of rotatable bonds is 6. The molecule has 1 fully saturated rings. The number of amides is 2. The summed E-state index contributed by atoms with van der Waals surface area (Å²) in [6, 6.07) is 8.00. The fraction of sp³-hybridized carbons (Fsp3) is 0.560. The van der Waals surface area contributed by atoms with Crippen molar-refractivity contribution in [2.24, 2.45) is 5.92 Å². The number of anilines is 1. The van der Waals surface area contributed by atoms with Crippen molar-refractivity contribution in [3.05, 3.63) is 41.1 Å². The molecule has 3 rings (SSSR count). The van der Waals surface area contributed by atoms with Crippen LogP contribution in [0.3, 0.4) is 0 Å². The zero-order valence-corrected chi connectivity index (χ0v) is 20.0. The zero-order valence-electron chi connectivity index (χ0n) is 20.0. The highest BCUT2D eigenvalue weighted by atomic mass is 16.2. The molecule has 0 saturated heterocycles. The molecular weight excluding hydrogens is 388 g/mol. The van der Waals surface area contributed by atoms with Crippen LogP contribution in [0.5, 0.6) is 0 Å². The zero-order chi connectivity index (χ0) is 22.9. The molecule has 1 saturated carbocycles. The lowest BCUT2D eigenvalue weighted by atomic mass is 9.84. The van der Waals surface area contributed by atoms with Gasteiger partial charge in [-0.1, -0.05) is 39.3 Å². The molecule has 0 spiro atoms. The summed E-state index contributed by atoms with van der Waals surface area (Å²) in [7, 11) is 0. The second-order valence-corrected chi connectivity index (χ2v) is 10.0. The summed E-state index contributed by atoms with van der Waals surface area (Å²) in [5.41, 5.74) is 3.96. The quantitative estimate of drug-likeness (QED) is 0.727. The molecule has 6 nitrogen and oxygen atoms in total. The molecule has 2 aromatic rings. The molecule has 1 aliphatic carbocycles. The summed E-state index contributed by atoms with van der Waals surface area (Å²) in [4.78, 5) is 27.5. The lowest BCUT2D eigenvalue weighted by molar-refractivity contribution is -0.142. The van der Waals surface area contributed by atoms with Gasteiger partial charge in [-0.15, -0.1) is 0 Å². The fourth-order valence-corrected chi connectivity index (χ4v) is 3.73. The summed E-state index contributed by atoms with van der Waals surface area (Å²) in [5, 5.41) is 7.86. The normalized spacial score (nSPS) is 14.5. The van der Waals surface area contributed by atoms with Crippen LogP contribution in [0, 0.1) is 19.8 Å². The molecule has 1 aliphatic rings. The van der Waals surface area contributed by atoms with Gasteiger partial charge in [0.05, 0.1) is 11.4 Å². The maximum absolute atomic E-state index is 13.0. The lowest BCUT2D eigenvalue weighted by Crippen LogP contribution is -2.46. The van der Waals surface area contributed by atoms with Crippen molar-refractivity contribution < 1.29 is 9.59 Å². The Morgan fingerprint density at radius 3 is 2.45 bits per heavy atom. The molecule has 1 N–H and O–H groups in total. The molecule has 0 bridgehead atoms. The Balaban J connectivity index is 1.89. The highest BCUT2D eigenvalue weighted by Gasteiger charge is 2.32. The van der Waals surface area contributed by atoms with E-state index in [0.29, 0.717) is 5.82 Å². The van der Waals surface area contributed by atoms with Crippen LogP contribution < -0.4 is 5.32 Å². The molecule has 0 atom stereocenters. The first-order valence-electron chi connectivity index (χ1n) is 11.3. The van der Waals surface area contributed by atoms with E-state index in [4.69, 9.17) is 5.10 Å². The van der Waals surface area contributed by atoms with E-state index in [1.54, 1.807) is 4.90 Å². The second-order valence-electron chi connectivity index (χ2n) is 10.0. The first-order chi connectivity index (χ1) is 14.5. The average Bonchev–Trinajstić information content (AvgIpc) is 3.04. The third kappa shape index (κ3) is 5.00. The van der Waals surface area contributed by atoms with Gasteiger partial charge in [0.1, 0.15) is 12.4 Å². The largest absolute Gasteiger partial charge is 0.331 e. The van der Waals surface area contributed by atoms with Crippen molar-refractivity contribution in [3.63, 3.8) is 0 Å². The van der Waals surface area contributed by atoms with Crippen LogP contribution in [0.15, 0.2) is 24.3 Å². The van der Waals surface area contributed by atoms with E-state index in [0.717, 1.165) is 36.2 Å². The Bertz CT molecular complexity index is 964. The van der Waals surface area contributed by atoms with Crippen LogP contribution in [0.2, 0.25) is 0 Å². The number of carbonyl (C=O) groups excluding carboxylic acids is 2. The smallest absolute Gasteiger partial charge is 0.245 e. The molecule has 0 radical (unpaired) electrons. The minimum absolute atomic E-state index is 0.0204. The number of benzene rings is 1. The Morgan fingerprint density at radius 2 is 1.90 bits per heavy atom. The van der Waals surface area contributed by atoms with E-state index in [9.17, 15) is 9.59 Å². The lowest BCUT2D eigenvalue weighted by Gasteiger charge is -2.33. The number of nitrogens with one attached hydrogen (secondary N) is 1. The maximum atomic E-state index is 13.0. The van der Waals surface area contributed by atoms with Crippen LogP contribution in [-0.4, -0.2) is 39.1 Å². The van der Waals surface area contributed by atoms with Crippen molar-refractivity contribution in [2.45, 2.75) is 79.2 Å². The third-order valence-corrected chi connectivity index (χ3v) is 6.22. The van der Waals surface area contributed by atoms with Crippen molar-refractivity contribution in [1.82, 2.24) is 14.7 Å². The molecule has 0 unspecified atom stereocenters. The Hall–Kier alpha value is -2.63. The van der Waals surface area contributed by atoms with E-state index >= 15 is 0 Å². The van der Waals surface area contributed by atoms with Crippen LogP contribution in [0.25, 0.3) is 5.69 Å². The first kappa shape index (κ1) is 23.0. The van der Waals surface area contributed by atoms with E-state index in [-0.39, 0.29) is 35.7 Å². The van der Waals surface area contributed by atoms with Crippen LogP contribution in [-0.2, 0) is 15.0 Å². The highest BCUT2D eigenvalue weighted by molar-refractivity contribution is 5.94. The Labute approximate surface area is 186 Å². The minimum Gasteiger partial charge on any atom is -0.331 e. The SMILES string of the molecule is Cc1cccc(-n2nc(C(C)(C)C)cc2NC(=O)CN(C(=O)C2CCC2)C(C)C)c1C. The number of carbonyl (C=O) groups is 2. The van der Waals surface area contributed by atoms with Crippen molar-refractivity contribution in [3.8, 4) is 5.69 Å². The average molecular weight is 425 g/mol. The number of aryl methyl sites for hydroxylation is 1. The van der Waals surface area contributed by atoms with Gasteiger partial charge in [0, 0.05) is 23.4 Å². The molecule has 168 valence electrons. The van der Waals surface area contributed by atoms with Gasteiger partial charge in [-0.05, 0) is 57.7 Å².